The number of nitrogens with one attached hydrogen (secondary N) is 1. The summed E-state index contributed by atoms with van der Waals surface area (Å²) in [5.41, 5.74) is 0. The Morgan fingerprint density at radius 1 is 1.31 bits per heavy atom. The Hall–Kier alpha value is -0.398. The molecule has 3 nitrogen and oxygen atoms in total. The van der Waals surface area contributed by atoms with Crippen molar-refractivity contribution in [3.8, 4) is 5.75 Å². The smallest absolute Gasteiger partial charge is 0.259 e. The molecule has 1 aromatic rings. The minimum Gasteiger partial charge on any atom is -0.451 e. The molecule has 1 N–H and O–H groups in total. The second-order valence-electron chi connectivity index (χ2n) is 2.59. The Bertz CT molecular complexity index is 237. The molecule has 1 aromatic carbocycles. The van der Waals surface area contributed by atoms with Gasteiger partial charge in [-0.2, -0.15) is 0 Å². The third-order valence-electron chi connectivity index (χ3n) is 1.67. The van der Waals surface area contributed by atoms with Crippen LogP contribution in [0.4, 0.5) is 0 Å². The monoisotopic (exact) mass is 352 g/mol. The zero-order valence-electron chi connectivity index (χ0n) is 7.07. The Morgan fingerprint density at radius 2 is 2.08 bits per heavy atom. The van der Waals surface area contributed by atoms with Crippen molar-refractivity contribution in [1.82, 2.24) is 5.32 Å². The molecule has 13 heavy (non-hydrogen) atoms. The Labute approximate surface area is 91.1 Å². The molecule has 1 saturated heterocycles. The van der Waals surface area contributed by atoms with Gasteiger partial charge in [-0.1, -0.05) is 18.2 Å². The summed E-state index contributed by atoms with van der Waals surface area (Å²) < 4.78 is 10.7. The van der Waals surface area contributed by atoms with E-state index in [9.17, 15) is 0 Å². The molecule has 1 heterocycles. The molecule has 1 radical (unpaired) electrons. The molecule has 71 valence electrons. The van der Waals surface area contributed by atoms with E-state index in [1.165, 1.54) is 0 Å². The van der Waals surface area contributed by atoms with E-state index in [1.54, 1.807) is 0 Å². The molecule has 1 fully saturated rings. The summed E-state index contributed by atoms with van der Waals surface area (Å²) in [4.78, 5) is 0. The van der Waals surface area contributed by atoms with Crippen molar-refractivity contribution < 1.29 is 29.9 Å². The van der Waals surface area contributed by atoms with E-state index in [4.69, 9.17) is 9.47 Å². The van der Waals surface area contributed by atoms with Crippen LogP contribution in [0.15, 0.2) is 30.3 Å². The number of hydrogen-bond acceptors (Lipinski definition) is 3. The Balaban J connectivity index is 0.000000845. The molecule has 2 rings (SSSR count). The first-order valence-electron chi connectivity index (χ1n) is 4.02. The maximum Gasteiger partial charge on any atom is 0.259 e. The summed E-state index contributed by atoms with van der Waals surface area (Å²) in [5.74, 6) is 0.830. The maximum atomic E-state index is 5.44. The molecule has 0 spiro atoms. The summed E-state index contributed by atoms with van der Waals surface area (Å²) >= 11 is 0. The van der Waals surface area contributed by atoms with Crippen LogP contribution in [0.5, 0.6) is 5.75 Å². The molecular weight excluding hydrogens is 340 g/mol. The van der Waals surface area contributed by atoms with Gasteiger partial charge in [0.25, 0.3) is 6.41 Å². The first kappa shape index (κ1) is 10.7. The molecule has 1 aliphatic heterocycles. The van der Waals surface area contributed by atoms with Crippen molar-refractivity contribution in [2.75, 3.05) is 13.2 Å². The molecular formula is C9H11NO2Re. The van der Waals surface area contributed by atoms with E-state index in [0.29, 0.717) is 0 Å². The van der Waals surface area contributed by atoms with E-state index in [0.717, 1.165) is 18.9 Å². The van der Waals surface area contributed by atoms with Crippen molar-refractivity contribution in [1.29, 1.82) is 0 Å². The van der Waals surface area contributed by atoms with Gasteiger partial charge in [0.1, 0.15) is 5.75 Å². The molecule has 1 unspecified atom stereocenters. The predicted molar refractivity (Wildman–Crippen MR) is 44.8 cm³/mol. The van der Waals surface area contributed by atoms with Gasteiger partial charge in [-0.25, -0.2) is 0 Å². The van der Waals surface area contributed by atoms with E-state index < -0.39 is 0 Å². The van der Waals surface area contributed by atoms with E-state index in [2.05, 4.69) is 5.32 Å². The summed E-state index contributed by atoms with van der Waals surface area (Å²) in [5, 5.41) is 3.06. The normalized spacial score (nSPS) is 20.8. The topological polar surface area (TPSA) is 30.5 Å². The van der Waals surface area contributed by atoms with Crippen LogP contribution in [0.2, 0.25) is 0 Å². The number of para-hydroxylation sites is 1. The molecule has 1 aliphatic rings. The van der Waals surface area contributed by atoms with Crippen LogP contribution in [-0.4, -0.2) is 19.6 Å². The van der Waals surface area contributed by atoms with Crippen LogP contribution in [0.3, 0.4) is 0 Å². The van der Waals surface area contributed by atoms with E-state index >= 15 is 0 Å². The standard InChI is InChI=1S/C9H11NO2.Re/c1-2-4-8(5-3-1)12-9-10-6-7-11-9;/h1-5,9-10H,6-7H2;. The SMILES string of the molecule is [Re].c1ccc(OC2NCCO2)cc1. The van der Waals surface area contributed by atoms with Crippen molar-refractivity contribution in [2.45, 2.75) is 6.41 Å². The fourth-order valence-corrected chi connectivity index (χ4v) is 1.10. The van der Waals surface area contributed by atoms with Crippen LogP contribution in [-0.2, 0) is 25.2 Å². The zero-order chi connectivity index (χ0) is 8.23. The largest absolute Gasteiger partial charge is 0.451 e. The molecule has 0 bridgehead atoms. The Morgan fingerprint density at radius 3 is 2.69 bits per heavy atom. The number of benzene rings is 1. The van der Waals surface area contributed by atoms with Crippen molar-refractivity contribution in [2.24, 2.45) is 0 Å². The molecule has 0 aliphatic carbocycles. The number of ether oxygens (including phenoxy) is 2. The molecule has 4 heteroatoms. The van der Waals surface area contributed by atoms with Gasteiger partial charge in [-0.05, 0) is 12.1 Å². The van der Waals surface area contributed by atoms with Gasteiger partial charge in [0.05, 0.1) is 6.61 Å². The number of hydrogen-bond donors (Lipinski definition) is 1. The van der Waals surface area contributed by atoms with Gasteiger partial charge >= 0.3 is 0 Å². The first-order chi connectivity index (χ1) is 5.95. The van der Waals surface area contributed by atoms with Crippen LogP contribution >= 0.6 is 0 Å². The molecule has 0 saturated carbocycles. The fraction of sp³-hybridized carbons (Fsp3) is 0.333. The summed E-state index contributed by atoms with van der Waals surface area (Å²) in [6.07, 6.45) is -0.271. The molecule has 0 amide bonds. The summed E-state index contributed by atoms with van der Waals surface area (Å²) in [6.45, 7) is 1.58. The van der Waals surface area contributed by atoms with E-state index in [1.807, 2.05) is 30.3 Å². The Kier molecular flexibility index (Phi) is 4.40. The second-order valence-corrected chi connectivity index (χ2v) is 2.59. The van der Waals surface area contributed by atoms with Crippen LogP contribution < -0.4 is 10.1 Å². The third kappa shape index (κ3) is 3.09. The maximum absolute atomic E-state index is 5.44. The minimum atomic E-state index is -0.271. The van der Waals surface area contributed by atoms with Crippen molar-refractivity contribution >= 4 is 0 Å². The van der Waals surface area contributed by atoms with Crippen LogP contribution in [0, 0.1) is 0 Å². The van der Waals surface area contributed by atoms with Gasteiger partial charge in [0.2, 0.25) is 0 Å². The average molecular weight is 351 g/mol. The number of rotatable bonds is 2. The second kappa shape index (κ2) is 5.36. The summed E-state index contributed by atoms with van der Waals surface area (Å²) in [7, 11) is 0. The van der Waals surface area contributed by atoms with Gasteiger partial charge in [-0.15, -0.1) is 0 Å². The van der Waals surface area contributed by atoms with Crippen LogP contribution in [0.25, 0.3) is 0 Å². The fourth-order valence-electron chi connectivity index (χ4n) is 1.10. The third-order valence-corrected chi connectivity index (χ3v) is 1.67. The van der Waals surface area contributed by atoms with Gasteiger partial charge in [-0.3, -0.25) is 5.32 Å². The van der Waals surface area contributed by atoms with Crippen molar-refractivity contribution in [3.05, 3.63) is 30.3 Å². The average Bonchev–Trinajstić information content (AvgIpc) is 2.59. The van der Waals surface area contributed by atoms with E-state index in [-0.39, 0.29) is 26.8 Å². The quantitative estimate of drug-likeness (QED) is 0.861. The summed E-state index contributed by atoms with van der Waals surface area (Å²) in [6, 6.07) is 9.64. The zero-order valence-corrected chi connectivity index (χ0v) is 9.79. The predicted octanol–water partition coefficient (Wildman–Crippen LogP) is 0.966. The first-order valence-corrected chi connectivity index (χ1v) is 4.02. The van der Waals surface area contributed by atoms with Gasteiger partial charge < -0.3 is 9.47 Å². The van der Waals surface area contributed by atoms with Crippen molar-refractivity contribution in [3.63, 3.8) is 0 Å². The molecule has 1 atom stereocenters. The van der Waals surface area contributed by atoms with Crippen LogP contribution in [0.1, 0.15) is 0 Å². The minimum absolute atomic E-state index is 0. The van der Waals surface area contributed by atoms with Gasteiger partial charge in [0.15, 0.2) is 0 Å². The van der Waals surface area contributed by atoms with Gasteiger partial charge in [0, 0.05) is 27.0 Å². The molecule has 0 aromatic heterocycles.